The van der Waals surface area contributed by atoms with E-state index in [1.165, 1.54) is 0 Å². The van der Waals surface area contributed by atoms with E-state index in [0.717, 1.165) is 18.5 Å². The lowest BCUT2D eigenvalue weighted by molar-refractivity contribution is 0.0911. The first-order valence-electron chi connectivity index (χ1n) is 6.89. The van der Waals surface area contributed by atoms with Gasteiger partial charge in [0, 0.05) is 23.5 Å². The largest absolute Gasteiger partial charge is 0.347 e. The predicted molar refractivity (Wildman–Crippen MR) is 79.6 cm³/mol. The van der Waals surface area contributed by atoms with Crippen molar-refractivity contribution in [2.45, 2.75) is 39.3 Å². The first-order valence-corrected chi connectivity index (χ1v) is 6.89. The highest BCUT2D eigenvalue weighted by Crippen LogP contribution is 2.11. The van der Waals surface area contributed by atoms with Crippen molar-refractivity contribution in [2.75, 3.05) is 0 Å². The van der Waals surface area contributed by atoms with Gasteiger partial charge in [-0.1, -0.05) is 19.1 Å². The molecule has 4 heteroatoms. The highest BCUT2D eigenvalue weighted by Gasteiger charge is 2.18. The van der Waals surface area contributed by atoms with Crippen molar-refractivity contribution < 1.29 is 4.79 Å². The Morgan fingerprint density at radius 3 is 2.55 bits per heavy atom. The van der Waals surface area contributed by atoms with E-state index < -0.39 is 0 Å². The Morgan fingerprint density at radius 1 is 1.30 bits per heavy atom. The van der Waals surface area contributed by atoms with Crippen LogP contribution in [0.5, 0.6) is 0 Å². The third-order valence-corrected chi connectivity index (χ3v) is 3.46. The number of carbonyl (C=O) groups excluding carboxylic acids is 1. The second-order valence-corrected chi connectivity index (χ2v) is 5.59. The van der Waals surface area contributed by atoms with Crippen LogP contribution < -0.4 is 5.32 Å². The molecule has 0 bridgehead atoms. The first-order chi connectivity index (χ1) is 9.50. The lowest BCUT2D eigenvalue weighted by Gasteiger charge is -2.24. The van der Waals surface area contributed by atoms with Gasteiger partial charge in [-0.3, -0.25) is 9.48 Å². The molecular formula is C16H21N3O. The molecule has 4 nitrogen and oxygen atoms in total. The van der Waals surface area contributed by atoms with Crippen LogP contribution in [0.3, 0.4) is 0 Å². The zero-order valence-corrected chi connectivity index (χ0v) is 12.3. The average Bonchev–Trinajstić information content (AvgIpc) is 2.92. The Morgan fingerprint density at radius 2 is 2.00 bits per heavy atom. The number of amides is 1. The van der Waals surface area contributed by atoms with E-state index in [1.54, 1.807) is 6.20 Å². The van der Waals surface area contributed by atoms with Crippen LogP contribution in [0, 0.1) is 0 Å². The molecule has 1 aromatic carbocycles. The summed E-state index contributed by atoms with van der Waals surface area (Å²) in [6, 6.07) is 9.56. The molecule has 1 heterocycles. The van der Waals surface area contributed by atoms with Gasteiger partial charge in [0.15, 0.2) is 0 Å². The van der Waals surface area contributed by atoms with E-state index in [1.807, 2.05) is 55.1 Å². The van der Waals surface area contributed by atoms with Crippen molar-refractivity contribution in [2.24, 2.45) is 0 Å². The third-order valence-electron chi connectivity index (χ3n) is 3.46. The summed E-state index contributed by atoms with van der Waals surface area (Å²) in [5.41, 5.74) is 1.64. The second kappa shape index (κ2) is 5.90. The number of hydrogen-bond acceptors (Lipinski definition) is 2. The average molecular weight is 271 g/mol. The van der Waals surface area contributed by atoms with Crippen molar-refractivity contribution in [1.82, 2.24) is 15.1 Å². The molecule has 0 aliphatic rings. The molecule has 0 spiro atoms. The predicted octanol–water partition coefficient (Wildman–Crippen LogP) is 2.85. The number of rotatable bonds is 5. The molecule has 0 radical (unpaired) electrons. The summed E-state index contributed by atoms with van der Waals surface area (Å²) in [7, 11) is 0. The maximum Gasteiger partial charge on any atom is 0.251 e. The van der Waals surface area contributed by atoms with Gasteiger partial charge in [-0.05, 0) is 44.0 Å². The number of benzene rings is 1. The molecule has 1 amide bonds. The fourth-order valence-corrected chi connectivity index (χ4v) is 1.81. The van der Waals surface area contributed by atoms with E-state index in [0.29, 0.717) is 5.56 Å². The Balaban J connectivity index is 2.02. The topological polar surface area (TPSA) is 46.9 Å². The molecule has 106 valence electrons. The van der Waals surface area contributed by atoms with Crippen LogP contribution in [-0.2, 0) is 6.54 Å². The number of nitrogens with zero attached hydrogens (tertiary/aromatic N) is 2. The zero-order valence-electron chi connectivity index (χ0n) is 12.3. The van der Waals surface area contributed by atoms with E-state index in [-0.39, 0.29) is 11.4 Å². The summed E-state index contributed by atoms with van der Waals surface area (Å²) in [6.45, 7) is 6.83. The Kier molecular flexibility index (Phi) is 4.23. The van der Waals surface area contributed by atoms with Crippen molar-refractivity contribution in [1.29, 1.82) is 0 Å². The first kappa shape index (κ1) is 14.3. The molecule has 0 saturated carbocycles. The van der Waals surface area contributed by atoms with Crippen molar-refractivity contribution in [3.8, 4) is 0 Å². The van der Waals surface area contributed by atoms with Crippen LogP contribution in [0.4, 0.5) is 0 Å². The summed E-state index contributed by atoms with van der Waals surface area (Å²) in [6.07, 6.45) is 4.58. The minimum Gasteiger partial charge on any atom is -0.347 e. The van der Waals surface area contributed by atoms with Gasteiger partial charge >= 0.3 is 0 Å². The van der Waals surface area contributed by atoms with Crippen LogP contribution in [-0.4, -0.2) is 21.2 Å². The van der Waals surface area contributed by atoms with Gasteiger partial charge < -0.3 is 5.32 Å². The number of nitrogens with one attached hydrogen (secondary N) is 1. The summed E-state index contributed by atoms with van der Waals surface area (Å²) in [5, 5.41) is 7.20. The summed E-state index contributed by atoms with van der Waals surface area (Å²) in [4.78, 5) is 12.1. The molecule has 1 N–H and O–H groups in total. The van der Waals surface area contributed by atoms with Crippen molar-refractivity contribution in [3.63, 3.8) is 0 Å². The molecule has 0 aliphatic carbocycles. The minimum atomic E-state index is -0.176. The zero-order chi connectivity index (χ0) is 14.6. The molecular weight excluding hydrogens is 250 g/mol. The minimum absolute atomic E-state index is 0.0255. The fourth-order valence-electron chi connectivity index (χ4n) is 1.81. The van der Waals surface area contributed by atoms with Gasteiger partial charge in [-0.2, -0.15) is 5.10 Å². The molecule has 2 aromatic rings. The Bertz CT molecular complexity index is 556. The fraction of sp³-hybridized carbons (Fsp3) is 0.375. The van der Waals surface area contributed by atoms with Gasteiger partial charge in [-0.15, -0.1) is 0 Å². The summed E-state index contributed by atoms with van der Waals surface area (Å²) < 4.78 is 1.86. The molecule has 2 rings (SSSR count). The maximum absolute atomic E-state index is 12.1. The summed E-state index contributed by atoms with van der Waals surface area (Å²) >= 11 is 0. The van der Waals surface area contributed by atoms with Gasteiger partial charge in [0.2, 0.25) is 0 Å². The maximum atomic E-state index is 12.1. The van der Waals surface area contributed by atoms with Crippen LogP contribution in [0.25, 0.3) is 0 Å². The quantitative estimate of drug-likeness (QED) is 0.909. The number of aromatic nitrogens is 2. The Labute approximate surface area is 119 Å². The van der Waals surface area contributed by atoms with Gasteiger partial charge in [0.05, 0.1) is 6.54 Å². The lowest BCUT2D eigenvalue weighted by Crippen LogP contribution is -2.42. The van der Waals surface area contributed by atoms with Crippen molar-refractivity contribution in [3.05, 3.63) is 53.9 Å². The normalized spacial score (nSPS) is 11.3. The summed E-state index contributed by atoms with van der Waals surface area (Å²) in [5.74, 6) is -0.0255. The van der Waals surface area contributed by atoms with E-state index in [4.69, 9.17) is 0 Å². The Hall–Kier alpha value is -2.10. The molecule has 0 atom stereocenters. The molecule has 20 heavy (non-hydrogen) atoms. The molecule has 0 fully saturated rings. The number of carbonyl (C=O) groups is 1. The standard InChI is InChI=1S/C16H21N3O/c1-4-16(2,3)18-15(20)14-8-6-13(7-9-14)12-19-11-5-10-17-19/h5-11H,4,12H2,1-3H3,(H,18,20). The van der Waals surface area contributed by atoms with E-state index in [2.05, 4.69) is 17.3 Å². The molecule has 0 saturated heterocycles. The van der Waals surface area contributed by atoms with Crippen molar-refractivity contribution >= 4 is 5.91 Å². The molecule has 0 aliphatic heterocycles. The van der Waals surface area contributed by atoms with Gasteiger partial charge in [0.1, 0.15) is 0 Å². The van der Waals surface area contributed by atoms with Gasteiger partial charge in [0.25, 0.3) is 5.91 Å². The second-order valence-electron chi connectivity index (χ2n) is 5.59. The van der Waals surface area contributed by atoms with Crippen LogP contribution in [0.2, 0.25) is 0 Å². The third kappa shape index (κ3) is 3.70. The highest BCUT2D eigenvalue weighted by molar-refractivity contribution is 5.94. The van der Waals surface area contributed by atoms with Crippen LogP contribution >= 0.6 is 0 Å². The van der Waals surface area contributed by atoms with Gasteiger partial charge in [-0.25, -0.2) is 0 Å². The molecule has 0 unspecified atom stereocenters. The number of hydrogen-bond donors (Lipinski definition) is 1. The monoisotopic (exact) mass is 271 g/mol. The lowest BCUT2D eigenvalue weighted by atomic mass is 10.0. The van der Waals surface area contributed by atoms with E-state index in [9.17, 15) is 4.79 Å². The van der Waals surface area contributed by atoms with Crippen LogP contribution in [0.15, 0.2) is 42.7 Å². The smallest absolute Gasteiger partial charge is 0.251 e. The SMILES string of the molecule is CCC(C)(C)NC(=O)c1ccc(Cn2cccn2)cc1. The molecule has 1 aromatic heterocycles. The van der Waals surface area contributed by atoms with Crippen LogP contribution in [0.1, 0.15) is 43.1 Å². The highest BCUT2D eigenvalue weighted by atomic mass is 16.1. The van der Waals surface area contributed by atoms with E-state index >= 15 is 0 Å².